The van der Waals surface area contributed by atoms with Crippen LogP contribution >= 0.6 is 0 Å². The van der Waals surface area contributed by atoms with Gasteiger partial charge in [0.05, 0.1) is 12.6 Å². The van der Waals surface area contributed by atoms with Gasteiger partial charge < -0.3 is 26.6 Å². The number of hydrogen-bond acceptors (Lipinski definition) is 5. The first-order valence-electron chi connectivity index (χ1n) is 6.44. The Labute approximate surface area is 117 Å². The monoisotopic (exact) mass is 289 g/mol. The van der Waals surface area contributed by atoms with Crippen LogP contribution < -0.4 is 16.4 Å². The lowest BCUT2D eigenvalue weighted by molar-refractivity contribution is -0.143. The molecule has 0 rings (SSSR count). The predicted octanol–water partition coefficient (Wildman–Crippen LogP) is -1.57. The third kappa shape index (κ3) is 5.98. The van der Waals surface area contributed by atoms with Gasteiger partial charge in [-0.25, -0.2) is 4.79 Å². The summed E-state index contributed by atoms with van der Waals surface area (Å²) in [6.45, 7) is 4.49. The van der Waals surface area contributed by atoms with Crippen LogP contribution in [0.1, 0.15) is 27.2 Å². The molecule has 8 nitrogen and oxygen atoms in total. The average Bonchev–Trinajstić information content (AvgIpc) is 2.39. The molecule has 0 aliphatic heterocycles. The third-order valence-electron chi connectivity index (χ3n) is 3.04. The molecule has 0 aliphatic carbocycles. The van der Waals surface area contributed by atoms with Crippen molar-refractivity contribution in [2.75, 3.05) is 6.54 Å². The summed E-state index contributed by atoms with van der Waals surface area (Å²) in [4.78, 5) is 34.0. The molecule has 8 heteroatoms. The number of carbonyl (C=O) groups is 3. The molecular formula is C12H23N3O5. The second-order valence-electron chi connectivity index (χ2n) is 4.75. The highest BCUT2D eigenvalue weighted by Crippen LogP contribution is 2.07. The fraction of sp³-hybridized carbons (Fsp3) is 0.750. The number of amides is 2. The first-order chi connectivity index (χ1) is 9.20. The summed E-state index contributed by atoms with van der Waals surface area (Å²) in [5, 5.41) is 22.7. The molecule has 0 aliphatic rings. The largest absolute Gasteiger partial charge is 0.480 e. The van der Waals surface area contributed by atoms with Gasteiger partial charge in [0.2, 0.25) is 11.8 Å². The lowest BCUT2D eigenvalue weighted by Gasteiger charge is -2.20. The zero-order valence-electron chi connectivity index (χ0n) is 11.9. The van der Waals surface area contributed by atoms with Crippen molar-refractivity contribution >= 4 is 17.8 Å². The normalized spacial score (nSPS) is 16.6. The highest BCUT2D eigenvalue weighted by Gasteiger charge is 2.26. The van der Waals surface area contributed by atoms with Crippen LogP contribution in [0.3, 0.4) is 0 Å². The van der Waals surface area contributed by atoms with E-state index in [1.54, 1.807) is 6.92 Å². The molecule has 0 aromatic rings. The molecule has 2 amide bonds. The Bertz CT molecular complexity index is 359. The summed E-state index contributed by atoms with van der Waals surface area (Å²) >= 11 is 0. The van der Waals surface area contributed by atoms with Crippen molar-refractivity contribution in [3.05, 3.63) is 0 Å². The van der Waals surface area contributed by atoms with E-state index in [1.165, 1.54) is 6.92 Å². The van der Waals surface area contributed by atoms with Gasteiger partial charge in [0, 0.05) is 0 Å². The van der Waals surface area contributed by atoms with Gasteiger partial charge in [0.25, 0.3) is 0 Å². The first-order valence-corrected chi connectivity index (χ1v) is 6.44. The summed E-state index contributed by atoms with van der Waals surface area (Å²) in [6.07, 6.45) is -0.443. The van der Waals surface area contributed by atoms with Crippen LogP contribution in [-0.2, 0) is 14.4 Å². The maximum absolute atomic E-state index is 11.6. The number of carboxylic acids is 1. The number of aliphatic carboxylic acids is 1. The standard InChI is InChI=1S/C12H23N3O5/c1-4-6(2)10(12(19)20)15-8(17)5-14-11(18)9(13)7(3)16/h6-7,9-10,16H,4-5,13H2,1-3H3,(H,14,18)(H,15,17)(H,19,20)/t6-,7+,9-,10-/m0/s1. The van der Waals surface area contributed by atoms with Gasteiger partial charge in [-0.2, -0.15) is 0 Å². The van der Waals surface area contributed by atoms with Crippen molar-refractivity contribution in [1.29, 1.82) is 0 Å². The Hall–Kier alpha value is -1.67. The number of nitrogens with two attached hydrogens (primary N) is 1. The van der Waals surface area contributed by atoms with Gasteiger partial charge in [-0.05, 0) is 12.8 Å². The van der Waals surface area contributed by atoms with Crippen molar-refractivity contribution in [1.82, 2.24) is 10.6 Å². The number of hydrogen-bond donors (Lipinski definition) is 5. The molecule has 0 unspecified atom stereocenters. The van der Waals surface area contributed by atoms with Crippen LogP contribution in [-0.4, -0.2) is 52.7 Å². The summed E-state index contributed by atoms with van der Waals surface area (Å²) in [6, 6.07) is -2.14. The minimum atomic E-state index is -1.13. The molecule has 116 valence electrons. The predicted molar refractivity (Wildman–Crippen MR) is 71.7 cm³/mol. The summed E-state index contributed by atoms with van der Waals surface area (Å²) < 4.78 is 0. The van der Waals surface area contributed by atoms with E-state index in [9.17, 15) is 14.4 Å². The van der Waals surface area contributed by atoms with Crippen molar-refractivity contribution in [2.24, 2.45) is 11.7 Å². The maximum Gasteiger partial charge on any atom is 0.326 e. The molecule has 0 saturated heterocycles. The summed E-state index contributed by atoms with van der Waals surface area (Å²) in [5.41, 5.74) is 5.38. The van der Waals surface area contributed by atoms with Gasteiger partial charge in [-0.1, -0.05) is 20.3 Å². The van der Waals surface area contributed by atoms with Crippen molar-refractivity contribution in [3.63, 3.8) is 0 Å². The molecule has 20 heavy (non-hydrogen) atoms. The van der Waals surface area contributed by atoms with Crippen molar-refractivity contribution in [2.45, 2.75) is 45.4 Å². The highest BCUT2D eigenvalue weighted by atomic mass is 16.4. The fourth-order valence-corrected chi connectivity index (χ4v) is 1.41. The van der Waals surface area contributed by atoms with E-state index in [-0.39, 0.29) is 12.5 Å². The molecule has 0 radical (unpaired) electrons. The number of carboxylic acid groups (broad SMARTS) is 1. The molecular weight excluding hydrogens is 266 g/mol. The van der Waals surface area contributed by atoms with E-state index in [1.807, 2.05) is 6.92 Å². The van der Waals surface area contributed by atoms with Gasteiger partial charge in [-0.3, -0.25) is 9.59 Å². The topological polar surface area (TPSA) is 142 Å². The third-order valence-corrected chi connectivity index (χ3v) is 3.04. The zero-order chi connectivity index (χ0) is 15.9. The van der Waals surface area contributed by atoms with Crippen LogP contribution in [0.15, 0.2) is 0 Å². The molecule has 0 bridgehead atoms. The number of nitrogens with one attached hydrogen (secondary N) is 2. The number of rotatable bonds is 8. The minimum absolute atomic E-state index is 0.230. The van der Waals surface area contributed by atoms with Gasteiger partial charge in [0.15, 0.2) is 0 Å². The van der Waals surface area contributed by atoms with E-state index in [4.69, 9.17) is 15.9 Å². The Morgan fingerprint density at radius 2 is 1.80 bits per heavy atom. The molecule has 0 spiro atoms. The van der Waals surface area contributed by atoms with Crippen LogP contribution in [0.2, 0.25) is 0 Å². The van der Waals surface area contributed by atoms with Crippen LogP contribution in [0.4, 0.5) is 0 Å². The van der Waals surface area contributed by atoms with Gasteiger partial charge in [0.1, 0.15) is 12.1 Å². The SMILES string of the molecule is CC[C@H](C)[C@H](NC(=O)CNC(=O)[C@@H](N)[C@@H](C)O)C(=O)O. The van der Waals surface area contributed by atoms with Crippen LogP contribution in [0, 0.1) is 5.92 Å². The summed E-state index contributed by atoms with van der Waals surface area (Å²) in [7, 11) is 0. The summed E-state index contributed by atoms with van der Waals surface area (Å²) in [5.74, 6) is -2.65. The number of aliphatic hydroxyl groups excluding tert-OH is 1. The van der Waals surface area contributed by atoms with Crippen LogP contribution in [0.25, 0.3) is 0 Å². The number of carbonyl (C=O) groups excluding carboxylic acids is 2. The van der Waals surface area contributed by atoms with E-state index in [0.29, 0.717) is 6.42 Å². The molecule has 0 heterocycles. The Kier molecular flexibility index (Phi) is 7.78. The van der Waals surface area contributed by atoms with Crippen molar-refractivity contribution in [3.8, 4) is 0 Å². The lowest BCUT2D eigenvalue weighted by Crippen LogP contribution is -2.52. The fourth-order valence-electron chi connectivity index (χ4n) is 1.41. The Morgan fingerprint density at radius 1 is 1.25 bits per heavy atom. The molecule has 0 aromatic heterocycles. The number of aliphatic hydroxyl groups is 1. The molecule has 4 atom stereocenters. The van der Waals surface area contributed by atoms with E-state index in [0.717, 1.165) is 0 Å². The quantitative estimate of drug-likeness (QED) is 0.365. The Morgan fingerprint density at radius 3 is 2.20 bits per heavy atom. The van der Waals surface area contributed by atoms with Gasteiger partial charge in [-0.15, -0.1) is 0 Å². The highest BCUT2D eigenvalue weighted by molar-refractivity contribution is 5.89. The zero-order valence-corrected chi connectivity index (χ0v) is 11.9. The molecule has 0 saturated carbocycles. The van der Waals surface area contributed by atoms with E-state index < -0.39 is 36.0 Å². The lowest BCUT2D eigenvalue weighted by atomic mass is 9.99. The van der Waals surface area contributed by atoms with Crippen LogP contribution in [0.5, 0.6) is 0 Å². The second kappa shape index (κ2) is 8.49. The smallest absolute Gasteiger partial charge is 0.326 e. The van der Waals surface area contributed by atoms with E-state index >= 15 is 0 Å². The minimum Gasteiger partial charge on any atom is -0.480 e. The average molecular weight is 289 g/mol. The van der Waals surface area contributed by atoms with E-state index in [2.05, 4.69) is 10.6 Å². The first kappa shape index (κ1) is 18.3. The van der Waals surface area contributed by atoms with Gasteiger partial charge >= 0.3 is 5.97 Å². The van der Waals surface area contributed by atoms with Crippen molar-refractivity contribution < 1.29 is 24.6 Å². The maximum atomic E-state index is 11.6. The molecule has 6 N–H and O–H groups in total. The Balaban J connectivity index is 4.35. The second-order valence-corrected chi connectivity index (χ2v) is 4.75. The molecule has 0 aromatic carbocycles. The molecule has 0 fully saturated rings.